The van der Waals surface area contributed by atoms with Crippen molar-refractivity contribution in [1.29, 1.82) is 0 Å². The number of rotatable bonds is 9. The van der Waals surface area contributed by atoms with Crippen molar-refractivity contribution in [3.63, 3.8) is 0 Å². The second-order valence-electron chi connectivity index (χ2n) is 14.0. The van der Waals surface area contributed by atoms with Crippen molar-refractivity contribution in [3.8, 4) is 11.1 Å². The molecule has 10 nitrogen and oxygen atoms in total. The van der Waals surface area contributed by atoms with Crippen molar-refractivity contribution in [1.82, 2.24) is 19.1 Å². The molecule has 56 heavy (non-hydrogen) atoms. The third kappa shape index (κ3) is 8.29. The van der Waals surface area contributed by atoms with Gasteiger partial charge in [-0.3, -0.25) is 0 Å². The van der Waals surface area contributed by atoms with Crippen LogP contribution in [0.5, 0.6) is 0 Å². The lowest BCUT2D eigenvalue weighted by atomic mass is 10.0. The molecule has 0 bridgehead atoms. The maximum atomic E-state index is 11.9. The molecular formula is C44H42BrClN6O4. The summed E-state index contributed by atoms with van der Waals surface area (Å²) in [5, 5.41) is 28.4. The van der Waals surface area contributed by atoms with Crippen LogP contribution in [0.4, 0.5) is 23.0 Å². The van der Waals surface area contributed by atoms with Crippen molar-refractivity contribution in [2.45, 2.75) is 51.4 Å². The highest BCUT2D eigenvalue weighted by Gasteiger charge is 2.27. The average Bonchev–Trinajstić information content (AvgIpc) is 4.13. The van der Waals surface area contributed by atoms with E-state index in [0.717, 1.165) is 85.6 Å². The van der Waals surface area contributed by atoms with Crippen LogP contribution in [0.2, 0.25) is 5.02 Å². The summed E-state index contributed by atoms with van der Waals surface area (Å²) in [6, 6.07) is 23.2. The Morgan fingerprint density at radius 1 is 0.714 bits per heavy atom. The van der Waals surface area contributed by atoms with Crippen molar-refractivity contribution in [3.05, 3.63) is 129 Å². The van der Waals surface area contributed by atoms with Crippen molar-refractivity contribution in [2.24, 2.45) is 14.1 Å². The van der Waals surface area contributed by atoms with Gasteiger partial charge in [0.25, 0.3) is 0 Å². The molecule has 9 rings (SSSR count). The Labute approximate surface area is 338 Å². The van der Waals surface area contributed by atoms with Crippen LogP contribution in [0.1, 0.15) is 83.2 Å². The van der Waals surface area contributed by atoms with Crippen LogP contribution in [-0.2, 0) is 14.1 Å². The molecule has 0 unspecified atom stereocenters. The predicted molar refractivity (Wildman–Crippen MR) is 228 cm³/mol. The molecule has 12 heteroatoms. The number of pyridine rings is 2. The highest BCUT2D eigenvalue weighted by Crippen LogP contribution is 2.42. The van der Waals surface area contributed by atoms with E-state index in [0.29, 0.717) is 28.5 Å². The van der Waals surface area contributed by atoms with Crippen LogP contribution in [0.25, 0.3) is 32.9 Å². The van der Waals surface area contributed by atoms with Gasteiger partial charge in [0, 0.05) is 76.1 Å². The zero-order chi connectivity index (χ0) is 39.7. The summed E-state index contributed by atoms with van der Waals surface area (Å²) >= 11 is 9.81. The molecular weight excluding hydrogens is 792 g/mol. The standard InChI is InChI=1S/C24H20ClN3O2.C18H16BrN3O2.C2H6/c1-28-8-7-16-10-19(12-20(22(16)28)15-3-2-4-18(25)9-15)27-23-21(24(29)30)11-17(13-26-23)14-5-6-14;1-22-5-4-11-6-13(8-15(19)16(11)22)21-17-14(18(23)24)7-12(9-20-17)10-2-3-10;1-2/h2-4,7-14H,5-6H2,1H3,(H,26,27)(H,29,30);4-10H,2-3H2,1H3,(H,20,21)(H,23,24);1-2H3. The fourth-order valence-electron chi connectivity index (χ4n) is 6.89. The maximum Gasteiger partial charge on any atom is 0.339 e. The molecule has 3 aromatic carbocycles. The van der Waals surface area contributed by atoms with Crippen molar-refractivity contribution in [2.75, 3.05) is 10.6 Å². The first-order chi connectivity index (χ1) is 27.0. The molecule has 4 aromatic heterocycles. The molecule has 0 radical (unpaired) electrons. The van der Waals surface area contributed by atoms with Gasteiger partial charge in [-0.2, -0.15) is 0 Å². The van der Waals surface area contributed by atoms with E-state index in [1.165, 1.54) is 0 Å². The Balaban J connectivity index is 0.000000168. The summed E-state index contributed by atoms with van der Waals surface area (Å²) in [7, 11) is 3.99. The molecule has 0 atom stereocenters. The van der Waals surface area contributed by atoms with E-state index in [4.69, 9.17) is 11.6 Å². The van der Waals surface area contributed by atoms with Crippen LogP contribution < -0.4 is 10.6 Å². The second kappa shape index (κ2) is 16.2. The van der Waals surface area contributed by atoms with Gasteiger partial charge in [0.2, 0.25) is 0 Å². The molecule has 286 valence electrons. The van der Waals surface area contributed by atoms with E-state index in [1.54, 1.807) is 24.5 Å². The summed E-state index contributed by atoms with van der Waals surface area (Å²) in [5.41, 5.74) is 8.17. The number of nitrogens with zero attached hydrogens (tertiary/aromatic N) is 4. The molecule has 7 aromatic rings. The summed E-state index contributed by atoms with van der Waals surface area (Å²) < 4.78 is 5.05. The Morgan fingerprint density at radius 2 is 1.21 bits per heavy atom. The summed E-state index contributed by atoms with van der Waals surface area (Å²) in [6.07, 6.45) is 12.0. The fourth-order valence-corrected chi connectivity index (χ4v) is 7.84. The van der Waals surface area contributed by atoms with Crippen molar-refractivity contribution < 1.29 is 19.8 Å². The molecule has 4 heterocycles. The van der Waals surface area contributed by atoms with Gasteiger partial charge in [0.15, 0.2) is 0 Å². The Hall–Kier alpha value is -5.65. The van der Waals surface area contributed by atoms with Gasteiger partial charge in [-0.1, -0.05) is 37.6 Å². The number of fused-ring (bicyclic) bond motifs is 2. The minimum absolute atomic E-state index is 0.192. The van der Waals surface area contributed by atoms with Crippen LogP contribution in [0, 0.1) is 0 Å². The van der Waals surface area contributed by atoms with E-state index < -0.39 is 11.9 Å². The van der Waals surface area contributed by atoms with Crippen LogP contribution in [-0.4, -0.2) is 41.3 Å². The van der Waals surface area contributed by atoms with Gasteiger partial charge < -0.3 is 30.0 Å². The first kappa shape index (κ1) is 38.6. The number of aromatic nitrogens is 4. The molecule has 2 fully saturated rings. The quantitative estimate of drug-likeness (QED) is 0.113. The van der Waals surface area contributed by atoms with Gasteiger partial charge in [-0.05, 0) is 131 Å². The number of aryl methyl sites for hydroxylation is 2. The SMILES string of the molecule is CC.Cn1ccc2cc(Nc3ncc(C4CC4)cc3C(=O)O)cc(-c3cccc(Cl)c3)c21.Cn1ccc2cc(Nc3ncc(C4CC4)cc3C(=O)O)cc(Br)c21. The lowest BCUT2D eigenvalue weighted by molar-refractivity contribution is 0.0686. The van der Waals surface area contributed by atoms with E-state index in [2.05, 4.69) is 41.1 Å². The third-order valence-electron chi connectivity index (χ3n) is 9.93. The number of nitrogens with one attached hydrogen (secondary N) is 2. The number of anilines is 4. The van der Waals surface area contributed by atoms with Crippen molar-refractivity contribution >= 4 is 84.3 Å². The minimum Gasteiger partial charge on any atom is -0.478 e. The molecule has 2 aliphatic rings. The zero-order valence-corrected chi connectivity index (χ0v) is 33.8. The highest BCUT2D eigenvalue weighted by atomic mass is 79.9. The molecule has 2 aliphatic carbocycles. The maximum absolute atomic E-state index is 11.9. The predicted octanol–water partition coefficient (Wildman–Crippen LogP) is 11.9. The van der Waals surface area contributed by atoms with E-state index in [9.17, 15) is 19.8 Å². The summed E-state index contributed by atoms with van der Waals surface area (Å²) in [6.45, 7) is 4.00. The number of hydrogen-bond acceptors (Lipinski definition) is 6. The van der Waals surface area contributed by atoms with Crippen LogP contribution >= 0.6 is 27.5 Å². The van der Waals surface area contributed by atoms with Gasteiger partial charge >= 0.3 is 11.9 Å². The Bertz CT molecular complexity index is 2610. The lowest BCUT2D eigenvalue weighted by Gasteiger charge is -2.14. The highest BCUT2D eigenvalue weighted by molar-refractivity contribution is 9.10. The Kier molecular flexibility index (Phi) is 11.2. The Morgan fingerprint density at radius 3 is 1.71 bits per heavy atom. The molecule has 0 spiro atoms. The molecule has 4 N–H and O–H groups in total. The lowest BCUT2D eigenvalue weighted by Crippen LogP contribution is -2.06. The van der Waals surface area contributed by atoms with Gasteiger partial charge in [-0.15, -0.1) is 0 Å². The minimum atomic E-state index is -0.983. The number of halogens is 2. The topological polar surface area (TPSA) is 134 Å². The van der Waals surface area contributed by atoms with Gasteiger partial charge in [0.1, 0.15) is 22.8 Å². The van der Waals surface area contributed by atoms with Crippen LogP contribution in [0.3, 0.4) is 0 Å². The number of carbonyl (C=O) groups is 2. The molecule has 0 saturated heterocycles. The zero-order valence-electron chi connectivity index (χ0n) is 31.5. The number of carboxylic acid groups (broad SMARTS) is 2. The molecule has 0 aliphatic heterocycles. The normalized spacial score (nSPS) is 13.4. The monoisotopic (exact) mass is 832 g/mol. The number of hydrogen-bond donors (Lipinski definition) is 4. The van der Waals surface area contributed by atoms with E-state index in [-0.39, 0.29) is 11.1 Å². The summed E-state index contributed by atoms with van der Waals surface area (Å²) in [4.78, 5) is 32.2. The molecule has 2 saturated carbocycles. The van der Waals surface area contributed by atoms with E-state index in [1.807, 2.05) is 106 Å². The van der Waals surface area contributed by atoms with Gasteiger partial charge in [-0.25, -0.2) is 19.6 Å². The number of carboxylic acids is 2. The fraction of sp³-hybridized carbons (Fsp3) is 0.227. The second-order valence-corrected chi connectivity index (χ2v) is 15.3. The first-order valence-electron chi connectivity index (χ1n) is 18.6. The largest absolute Gasteiger partial charge is 0.478 e. The van der Waals surface area contributed by atoms with E-state index >= 15 is 0 Å². The average molecular weight is 834 g/mol. The number of benzene rings is 3. The van der Waals surface area contributed by atoms with Crippen LogP contribution in [0.15, 0.2) is 102 Å². The number of aromatic carboxylic acids is 2. The van der Waals surface area contributed by atoms with Gasteiger partial charge in [0.05, 0.1) is 11.0 Å². The summed E-state index contributed by atoms with van der Waals surface area (Å²) in [5.74, 6) is -0.316. The third-order valence-corrected chi connectivity index (χ3v) is 10.8. The first-order valence-corrected chi connectivity index (χ1v) is 19.8. The molecule has 0 amide bonds. The smallest absolute Gasteiger partial charge is 0.339 e.